The molecule has 0 spiro atoms. The van der Waals surface area contributed by atoms with E-state index in [9.17, 15) is 9.50 Å². The number of nitrogens with two attached hydrogens (primary N) is 1. The zero-order valence-corrected chi connectivity index (χ0v) is 9.92. The maximum atomic E-state index is 13.4. The minimum absolute atomic E-state index is 0.214. The summed E-state index contributed by atoms with van der Waals surface area (Å²) < 4.78 is 15.2. The van der Waals surface area contributed by atoms with Gasteiger partial charge in [-0.1, -0.05) is 0 Å². The highest BCUT2D eigenvalue weighted by Crippen LogP contribution is 2.28. The predicted molar refractivity (Wildman–Crippen MR) is 69.1 cm³/mol. The second kappa shape index (κ2) is 4.24. The lowest BCUT2D eigenvalue weighted by atomic mass is 10.1. The highest BCUT2D eigenvalue weighted by atomic mass is 19.1. The van der Waals surface area contributed by atoms with E-state index in [0.29, 0.717) is 17.4 Å². The zero-order valence-electron chi connectivity index (χ0n) is 9.92. The van der Waals surface area contributed by atoms with Crippen LogP contribution in [0.25, 0.3) is 10.9 Å². The van der Waals surface area contributed by atoms with E-state index in [1.165, 1.54) is 6.07 Å². The van der Waals surface area contributed by atoms with Gasteiger partial charge in [-0.15, -0.1) is 0 Å². The Hall–Kier alpha value is -2.63. The lowest BCUT2D eigenvalue weighted by molar-refractivity contribution is 0.474. The number of phenols is 1. The third-order valence-corrected chi connectivity index (χ3v) is 2.88. The Morgan fingerprint density at radius 3 is 2.89 bits per heavy atom. The molecular formula is C13H11FN4O. The summed E-state index contributed by atoms with van der Waals surface area (Å²) in [5, 5.41) is 10.3. The number of rotatable bonds is 2. The molecule has 1 aromatic carbocycles. The molecule has 0 atom stereocenters. The number of nitrogens with zero attached hydrogens (tertiary/aromatic N) is 3. The van der Waals surface area contributed by atoms with Crippen LogP contribution >= 0.6 is 0 Å². The van der Waals surface area contributed by atoms with Crippen LogP contribution in [0.4, 0.5) is 10.2 Å². The molecule has 0 radical (unpaired) electrons. The molecule has 19 heavy (non-hydrogen) atoms. The Bertz CT molecular complexity index is 740. The molecule has 0 aliphatic rings. The maximum Gasteiger partial charge on any atom is 0.144 e. The van der Waals surface area contributed by atoms with Crippen molar-refractivity contribution in [2.75, 3.05) is 5.73 Å². The lowest BCUT2D eigenvalue weighted by Crippen LogP contribution is -2.01. The van der Waals surface area contributed by atoms with E-state index in [4.69, 9.17) is 5.73 Å². The number of nitrogen functional groups attached to an aromatic ring is 1. The predicted octanol–water partition coefficient (Wildman–Crippen LogP) is 1.91. The molecule has 3 rings (SSSR count). The van der Waals surface area contributed by atoms with Crippen molar-refractivity contribution in [3.05, 3.63) is 48.3 Å². The number of halogens is 1. The Morgan fingerprint density at radius 1 is 1.32 bits per heavy atom. The van der Waals surface area contributed by atoms with Gasteiger partial charge in [0, 0.05) is 30.4 Å². The Morgan fingerprint density at radius 2 is 2.16 bits per heavy atom. The first-order chi connectivity index (χ1) is 9.13. The summed E-state index contributed by atoms with van der Waals surface area (Å²) in [4.78, 5) is 7.99. The summed E-state index contributed by atoms with van der Waals surface area (Å²) in [6.07, 6.45) is 5.11. The van der Waals surface area contributed by atoms with Crippen LogP contribution in [0.1, 0.15) is 5.56 Å². The molecule has 5 nitrogen and oxygen atoms in total. The van der Waals surface area contributed by atoms with Crippen molar-refractivity contribution in [3.63, 3.8) is 0 Å². The smallest absolute Gasteiger partial charge is 0.144 e. The van der Waals surface area contributed by atoms with Crippen LogP contribution in [0.5, 0.6) is 5.75 Å². The highest BCUT2D eigenvalue weighted by molar-refractivity contribution is 5.88. The Balaban J connectivity index is 2.22. The van der Waals surface area contributed by atoms with Gasteiger partial charge in [0.1, 0.15) is 22.9 Å². The minimum Gasteiger partial charge on any atom is -0.506 e. The fraction of sp³-hybridized carbons (Fsp3) is 0.0769. The molecule has 0 saturated carbocycles. The van der Waals surface area contributed by atoms with Crippen molar-refractivity contribution < 1.29 is 9.50 Å². The number of benzene rings is 1. The van der Waals surface area contributed by atoms with Crippen molar-refractivity contribution >= 4 is 16.7 Å². The fourth-order valence-electron chi connectivity index (χ4n) is 2.07. The van der Waals surface area contributed by atoms with E-state index >= 15 is 0 Å². The van der Waals surface area contributed by atoms with Gasteiger partial charge in [0.25, 0.3) is 0 Å². The van der Waals surface area contributed by atoms with Gasteiger partial charge in [0.15, 0.2) is 0 Å². The van der Waals surface area contributed by atoms with Gasteiger partial charge < -0.3 is 15.4 Å². The second-order valence-corrected chi connectivity index (χ2v) is 4.26. The molecule has 2 heterocycles. The number of imidazole rings is 1. The van der Waals surface area contributed by atoms with E-state index in [-0.39, 0.29) is 11.6 Å². The molecule has 0 aliphatic heterocycles. The van der Waals surface area contributed by atoms with Crippen LogP contribution in [0.3, 0.4) is 0 Å². The number of anilines is 1. The Labute approximate surface area is 108 Å². The zero-order chi connectivity index (χ0) is 13.4. The number of phenolic OH excluding ortho intramolecular Hbond substituents is 1. The van der Waals surface area contributed by atoms with Gasteiger partial charge in [0.05, 0.1) is 6.33 Å². The monoisotopic (exact) mass is 258 g/mol. The van der Waals surface area contributed by atoms with Gasteiger partial charge in [-0.3, -0.25) is 0 Å². The van der Waals surface area contributed by atoms with Crippen LogP contribution in [-0.4, -0.2) is 19.6 Å². The summed E-state index contributed by atoms with van der Waals surface area (Å²) >= 11 is 0. The quantitative estimate of drug-likeness (QED) is 0.736. The van der Waals surface area contributed by atoms with Crippen LogP contribution in [0.15, 0.2) is 36.9 Å². The standard InChI is InChI=1S/C13H11FN4O/c14-9-4-10-8(6-18-2-1-16-7-18)3-12(15)17-13(10)11(19)5-9/h1-5,7,19H,6H2,(H2,15,17). The van der Waals surface area contributed by atoms with Gasteiger partial charge >= 0.3 is 0 Å². The first-order valence-corrected chi connectivity index (χ1v) is 5.67. The van der Waals surface area contributed by atoms with Crippen molar-refractivity contribution in [1.29, 1.82) is 0 Å². The van der Waals surface area contributed by atoms with Crippen molar-refractivity contribution in [2.24, 2.45) is 0 Å². The van der Waals surface area contributed by atoms with E-state index in [1.54, 1.807) is 24.8 Å². The minimum atomic E-state index is -0.511. The average Bonchev–Trinajstić information content (AvgIpc) is 2.83. The normalized spacial score (nSPS) is 11.0. The molecule has 0 amide bonds. The molecule has 0 unspecified atom stereocenters. The molecule has 3 aromatic rings. The first-order valence-electron chi connectivity index (χ1n) is 5.67. The van der Waals surface area contributed by atoms with Crippen LogP contribution in [0, 0.1) is 5.82 Å². The van der Waals surface area contributed by atoms with Gasteiger partial charge in [0.2, 0.25) is 0 Å². The summed E-state index contributed by atoms with van der Waals surface area (Å²) in [6, 6.07) is 4.03. The fourth-order valence-corrected chi connectivity index (χ4v) is 2.07. The van der Waals surface area contributed by atoms with Gasteiger partial charge in [-0.25, -0.2) is 14.4 Å². The number of pyridine rings is 1. The van der Waals surface area contributed by atoms with Gasteiger partial charge in [-0.05, 0) is 17.7 Å². The number of fused-ring (bicyclic) bond motifs is 1. The van der Waals surface area contributed by atoms with E-state index in [2.05, 4.69) is 9.97 Å². The average molecular weight is 258 g/mol. The first kappa shape index (κ1) is 11.5. The summed E-state index contributed by atoms with van der Waals surface area (Å²) in [5.74, 6) is -0.442. The van der Waals surface area contributed by atoms with Crippen LogP contribution < -0.4 is 5.73 Å². The van der Waals surface area contributed by atoms with Crippen LogP contribution in [-0.2, 0) is 6.54 Å². The topological polar surface area (TPSA) is 77.0 Å². The molecule has 6 heteroatoms. The molecule has 96 valence electrons. The Kier molecular flexibility index (Phi) is 2.56. The molecule has 0 fully saturated rings. The van der Waals surface area contributed by atoms with E-state index in [1.807, 2.05) is 4.57 Å². The number of hydrogen-bond acceptors (Lipinski definition) is 4. The van der Waals surface area contributed by atoms with E-state index < -0.39 is 5.82 Å². The maximum absolute atomic E-state index is 13.4. The van der Waals surface area contributed by atoms with Crippen molar-refractivity contribution in [1.82, 2.24) is 14.5 Å². The molecule has 0 aliphatic carbocycles. The number of aromatic nitrogens is 3. The number of hydrogen-bond donors (Lipinski definition) is 2. The van der Waals surface area contributed by atoms with Crippen molar-refractivity contribution in [2.45, 2.75) is 6.54 Å². The molecular weight excluding hydrogens is 247 g/mol. The largest absolute Gasteiger partial charge is 0.506 e. The summed E-state index contributed by atoms with van der Waals surface area (Å²) in [5.41, 5.74) is 6.80. The third-order valence-electron chi connectivity index (χ3n) is 2.88. The summed E-state index contributed by atoms with van der Waals surface area (Å²) in [7, 11) is 0. The molecule has 0 bridgehead atoms. The highest BCUT2D eigenvalue weighted by Gasteiger charge is 2.10. The second-order valence-electron chi connectivity index (χ2n) is 4.26. The summed E-state index contributed by atoms with van der Waals surface area (Å²) in [6.45, 7) is 0.478. The lowest BCUT2D eigenvalue weighted by Gasteiger charge is -2.09. The van der Waals surface area contributed by atoms with E-state index in [0.717, 1.165) is 11.6 Å². The molecule has 2 aromatic heterocycles. The SMILES string of the molecule is Nc1cc(Cn2ccnc2)c2cc(F)cc(O)c2n1. The van der Waals surface area contributed by atoms with Gasteiger partial charge in [-0.2, -0.15) is 0 Å². The number of aromatic hydroxyl groups is 1. The van der Waals surface area contributed by atoms with Crippen molar-refractivity contribution in [3.8, 4) is 5.75 Å². The molecule has 0 saturated heterocycles. The molecule has 3 N–H and O–H groups in total. The van der Waals surface area contributed by atoms with Crippen LogP contribution in [0.2, 0.25) is 0 Å². The third kappa shape index (κ3) is 2.08.